The van der Waals surface area contributed by atoms with E-state index in [0.29, 0.717) is 27.1 Å². The molecule has 0 saturated heterocycles. The highest BCUT2D eigenvalue weighted by atomic mass is 35.5. The van der Waals surface area contributed by atoms with Gasteiger partial charge < -0.3 is 10.1 Å². The molecule has 2 aromatic rings. The third-order valence-corrected chi connectivity index (χ3v) is 2.59. The maximum atomic E-state index is 5.98. The SMILES string of the molecule is NC(=S)Cc1cnc2c(Cl)cc(Cl)cn12. The Kier molecular flexibility index (Phi) is 2.82. The van der Waals surface area contributed by atoms with Gasteiger partial charge in [0.05, 0.1) is 15.0 Å². The number of halogens is 2. The van der Waals surface area contributed by atoms with Gasteiger partial charge in [0, 0.05) is 24.5 Å². The Labute approximate surface area is 102 Å². The van der Waals surface area contributed by atoms with E-state index < -0.39 is 0 Å². The van der Waals surface area contributed by atoms with E-state index in [-0.39, 0.29) is 0 Å². The minimum atomic E-state index is 0.410. The van der Waals surface area contributed by atoms with Crippen LogP contribution in [0.3, 0.4) is 0 Å². The van der Waals surface area contributed by atoms with E-state index >= 15 is 0 Å². The summed E-state index contributed by atoms with van der Waals surface area (Å²) in [6.45, 7) is 0. The molecule has 0 aliphatic heterocycles. The number of rotatable bonds is 2. The summed E-state index contributed by atoms with van der Waals surface area (Å²) in [5.74, 6) is 0. The van der Waals surface area contributed by atoms with E-state index in [1.807, 2.05) is 0 Å². The highest BCUT2D eigenvalue weighted by Crippen LogP contribution is 2.22. The second-order valence-electron chi connectivity index (χ2n) is 3.09. The first-order chi connectivity index (χ1) is 7.08. The van der Waals surface area contributed by atoms with Crippen LogP contribution in [0.1, 0.15) is 5.69 Å². The quantitative estimate of drug-likeness (QED) is 0.843. The Bertz CT molecular complexity index is 535. The fraction of sp³-hybridized carbons (Fsp3) is 0.111. The van der Waals surface area contributed by atoms with Crippen molar-refractivity contribution in [3.8, 4) is 0 Å². The fourth-order valence-electron chi connectivity index (χ4n) is 1.37. The summed E-state index contributed by atoms with van der Waals surface area (Å²) >= 11 is 16.7. The van der Waals surface area contributed by atoms with Crippen LogP contribution in [0.25, 0.3) is 5.65 Å². The van der Waals surface area contributed by atoms with Crippen LogP contribution in [0.15, 0.2) is 18.5 Å². The second kappa shape index (κ2) is 3.96. The summed E-state index contributed by atoms with van der Waals surface area (Å²) in [6, 6.07) is 1.65. The lowest BCUT2D eigenvalue weighted by Gasteiger charge is -2.02. The van der Waals surface area contributed by atoms with Crippen molar-refractivity contribution in [3.63, 3.8) is 0 Å². The standard InChI is InChI=1S/C9H7Cl2N3S/c10-5-1-7(11)9-13-3-6(2-8(12)15)14(9)4-5/h1,3-4H,2H2,(H2,12,15). The van der Waals surface area contributed by atoms with Gasteiger partial charge in [0.15, 0.2) is 5.65 Å². The normalized spacial score (nSPS) is 10.8. The molecule has 0 aliphatic rings. The molecule has 2 aromatic heterocycles. The number of aromatic nitrogens is 2. The molecule has 0 aliphatic carbocycles. The van der Waals surface area contributed by atoms with Crippen LogP contribution in [0, 0.1) is 0 Å². The van der Waals surface area contributed by atoms with Crippen LogP contribution in [0.5, 0.6) is 0 Å². The number of nitrogens with zero attached hydrogens (tertiary/aromatic N) is 2. The van der Waals surface area contributed by atoms with E-state index in [1.165, 1.54) is 0 Å². The zero-order chi connectivity index (χ0) is 11.0. The molecule has 6 heteroatoms. The lowest BCUT2D eigenvalue weighted by molar-refractivity contribution is 1.07. The summed E-state index contributed by atoms with van der Waals surface area (Å²) in [6.07, 6.45) is 3.91. The summed E-state index contributed by atoms with van der Waals surface area (Å²) in [5.41, 5.74) is 7.01. The fourth-order valence-corrected chi connectivity index (χ4v) is 2.04. The van der Waals surface area contributed by atoms with Crippen LogP contribution < -0.4 is 5.73 Å². The highest BCUT2D eigenvalue weighted by molar-refractivity contribution is 7.80. The van der Waals surface area contributed by atoms with Crippen molar-refractivity contribution in [2.45, 2.75) is 6.42 Å². The van der Waals surface area contributed by atoms with Gasteiger partial charge in [-0.2, -0.15) is 0 Å². The third-order valence-electron chi connectivity index (χ3n) is 1.96. The lowest BCUT2D eigenvalue weighted by Crippen LogP contribution is -2.12. The first kappa shape index (κ1) is 10.7. The van der Waals surface area contributed by atoms with E-state index in [4.69, 9.17) is 41.2 Å². The minimum absolute atomic E-state index is 0.410. The molecule has 2 heterocycles. The summed E-state index contributed by atoms with van der Waals surface area (Å²) < 4.78 is 1.80. The monoisotopic (exact) mass is 259 g/mol. The van der Waals surface area contributed by atoms with Crippen LogP contribution in [-0.2, 0) is 6.42 Å². The van der Waals surface area contributed by atoms with Crippen molar-refractivity contribution in [2.75, 3.05) is 0 Å². The van der Waals surface area contributed by atoms with Gasteiger partial charge in [-0.1, -0.05) is 35.4 Å². The first-order valence-corrected chi connectivity index (χ1v) is 5.33. The molecule has 0 atom stereocenters. The maximum Gasteiger partial charge on any atom is 0.155 e. The third kappa shape index (κ3) is 2.07. The molecule has 3 nitrogen and oxygen atoms in total. The van der Waals surface area contributed by atoms with Crippen molar-refractivity contribution in [1.29, 1.82) is 0 Å². The summed E-state index contributed by atoms with van der Waals surface area (Å²) in [5, 5.41) is 1.06. The molecule has 15 heavy (non-hydrogen) atoms. The molecule has 0 amide bonds. The molecule has 2 rings (SSSR count). The molecule has 0 bridgehead atoms. The Morgan fingerprint density at radius 1 is 1.53 bits per heavy atom. The molecule has 0 fully saturated rings. The number of thiocarbonyl (C=S) groups is 1. The van der Waals surface area contributed by atoms with Crippen LogP contribution in [0.4, 0.5) is 0 Å². The van der Waals surface area contributed by atoms with Gasteiger partial charge in [0.25, 0.3) is 0 Å². The maximum absolute atomic E-state index is 5.98. The number of nitrogens with two attached hydrogens (primary N) is 1. The molecule has 0 unspecified atom stereocenters. The topological polar surface area (TPSA) is 43.3 Å². The van der Waals surface area contributed by atoms with Gasteiger partial charge in [-0.25, -0.2) is 4.98 Å². The van der Waals surface area contributed by atoms with Gasteiger partial charge in [-0.15, -0.1) is 0 Å². The summed E-state index contributed by atoms with van der Waals surface area (Å²) in [4.78, 5) is 4.58. The number of hydrogen-bond donors (Lipinski definition) is 1. The predicted octanol–water partition coefficient (Wildman–Crippen LogP) is 2.47. The molecule has 0 saturated carbocycles. The van der Waals surface area contributed by atoms with Gasteiger partial charge in [0.2, 0.25) is 0 Å². The smallest absolute Gasteiger partial charge is 0.155 e. The average Bonchev–Trinajstić information content (AvgIpc) is 2.48. The van der Waals surface area contributed by atoms with E-state index in [9.17, 15) is 0 Å². The predicted molar refractivity (Wildman–Crippen MR) is 65.7 cm³/mol. The van der Waals surface area contributed by atoms with Crippen molar-refractivity contribution < 1.29 is 0 Å². The number of pyridine rings is 1. The van der Waals surface area contributed by atoms with Gasteiger partial charge in [-0.3, -0.25) is 0 Å². The van der Waals surface area contributed by atoms with Gasteiger partial charge in [-0.05, 0) is 6.07 Å². The van der Waals surface area contributed by atoms with E-state index in [1.54, 1.807) is 22.9 Å². The zero-order valence-electron chi connectivity index (χ0n) is 7.58. The molecule has 0 spiro atoms. The molecule has 78 valence electrons. The molecule has 0 radical (unpaired) electrons. The molecular weight excluding hydrogens is 253 g/mol. The first-order valence-electron chi connectivity index (χ1n) is 4.17. The average molecular weight is 260 g/mol. The second-order valence-corrected chi connectivity index (χ2v) is 4.46. The van der Waals surface area contributed by atoms with Crippen molar-refractivity contribution in [2.24, 2.45) is 5.73 Å². The minimum Gasteiger partial charge on any atom is -0.393 e. The van der Waals surface area contributed by atoms with Crippen molar-refractivity contribution in [1.82, 2.24) is 9.38 Å². The van der Waals surface area contributed by atoms with Crippen LogP contribution in [-0.4, -0.2) is 14.4 Å². The van der Waals surface area contributed by atoms with Crippen molar-refractivity contribution >= 4 is 46.1 Å². The van der Waals surface area contributed by atoms with Crippen molar-refractivity contribution in [3.05, 3.63) is 34.2 Å². The highest BCUT2D eigenvalue weighted by Gasteiger charge is 2.08. The van der Waals surface area contributed by atoms with E-state index in [0.717, 1.165) is 5.69 Å². The largest absolute Gasteiger partial charge is 0.393 e. The molecular formula is C9H7Cl2N3S. The lowest BCUT2D eigenvalue weighted by atomic mass is 10.3. The van der Waals surface area contributed by atoms with E-state index in [2.05, 4.69) is 4.98 Å². The Balaban J connectivity index is 2.63. The number of imidazole rings is 1. The van der Waals surface area contributed by atoms with Gasteiger partial charge >= 0.3 is 0 Å². The van der Waals surface area contributed by atoms with Gasteiger partial charge in [0.1, 0.15) is 0 Å². The number of hydrogen-bond acceptors (Lipinski definition) is 2. The Hall–Kier alpha value is -0.840. The molecule has 0 aromatic carbocycles. The summed E-state index contributed by atoms with van der Waals surface area (Å²) in [7, 11) is 0. The van der Waals surface area contributed by atoms with Crippen LogP contribution >= 0.6 is 35.4 Å². The Morgan fingerprint density at radius 3 is 2.93 bits per heavy atom. The Morgan fingerprint density at radius 2 is 2.27 bits per heavy atom. The number of fused-ring (bicyclic) bond motifs is 1. The zero-order valence-corrected chi connectivity index (χ0v) is 9.90. The molecule has 2 N–H and O–H groups in total. The van der Waals surface area contributed by atoms with Crippen LogP contribution in [0.2, 0.25) is 10.0 Å².